The molecule has 2 aromatic carbocycles. The number of hydrogen-bond acceptors (Lipinski definition) is 5. The molecule has 1 saturated heterocycles. The van der Waals surface area contributed by atoms with Crippen LogP contribution in [0.1, 0.15) is 29.3 Å². The maximum Gasteiger partial charge on any atom is 0.337 e. The molecular weight excluding hydrogens is 364 g/mol. The second kappa shape index (κ2) is 8.55. The summed E-state index contributed by atoms with van der Waals surface area (Å²) >= 11 is 1.17. The van der Waals surface area contributed by atoms with Gasteiger partial charge < -0.3 is 15.2 Å². The Balaban J connectivity index is 1.77. The summed E-state index contributed by atoms with van der Waals surface area (Å²) in [4.78, 5) is 28.2. The van der Waals surface area contributed by atoms with Crippen LogP contribution >= 0.6 is 11.8 Å². The highest BCUT2D eigenvalue weighted by atomic mass is 32.2. The highest BCUT2D eigenvalue weighted by molar-refractivity contribution is 8.18. The van der Waals surface area contributed by atoms with Crippen LogP contribution in [0.5, 0.6) is 5.75 Å². The number of amides is 1. The molecule has 0 aromatic heterocycles. The third kappa shape index (κ3) is 4.77. The van der Waals surface area contributed by atoms with E-state index >= 15 is 0 Å². The van der Waals surface area contributed by atoms with Gasteiger partial charge in [0.05, 0.1) is 22.8 Å². The monoisotopic (exact) mass is 382 g/mol. The van der Waals surface area contributed by atoms with Crippen molar-refractivity contribution in [1.82, 2.24) is 5.32 Å². The highest BCUT2D eigenvalue weighted by Gasteiger charge is 2.24. The van der Waals surface area contributed by atoms with Crippen LogP contribution in [0, 0.1) is 0 Å². The van der Waals surface area contributed by atoms with E-state index in [2.05, 4.69) is 10.3 Å². The van der Waals surface area contributed by atoms with E-state index in [9.17, 15) is 14.7 Å². The van der Waals surface area contributed by atoms with E-state index in [1.54, 1.807) is 24.3 Å². The van der Waals surface area contributed by atoms with Crippen LogP contribution in [0.25, 0.3) is 6.08 Å². The Bertz CT molecular complexity index is 920. The molecule has 1 fully saturated rings. The van der Waals surface area contributed by atoms with Crippen LogP contribution in [-0.2, 0) is 4.79 Å². The van der Waals surface area contributed by atoms with Crippen LogP contribution in [0.3, 0.4) is 0 Å². The van der Waals surface area contributed by atoms with Gasteiger partial charge in [0.15, 0.2) is 5.17 Å². The molecule has 2 aromatic rings. The van der Waals surface area contributed by atoms with Crippen molar-refractivity contribution in [2.45, 2.75) is 13.3 Å². The molecule has 0 spiro atoms. The number of hydrogen-bond donors (Lipinski definition) is 2. The molecule has 0 bridgehead atoms. The number of rotatable bonds is 6. The predicted molar refractivity (Wildman–Crippen MR) is 106 cm³/mol. The Kier molecular flexibility index (Phi) is 5.93. The Labute approximate surface area is 161 Å². The predicted octanol–water partition coefficient (Wildman–Crippen LogP) is 4.07. The quantitative estimate of drug-likeness (QED) is 0.736. The molecule has 1 heterocycles. The van der Waals surface area contributed by atoms with Crippen LogP contribution in [0.2, 0.25) is 0 Å². The number of amidine groups is 1. The lowest BCUT2D eigenvalue weighted by atomic mass is 10.2. The van der Waals surface area contributed by atoms with Gasteiger partial charge >= 0.3 is 5.97 Å². The van der Waals surface area contributed by atoms with Crippen molar-refractivity contribution in [2.24, 2.45) is 4.99 Å². The van der Waals surface area contributed by atoms with Crippen molar-refractivity contribution in [3.8, 4) is 5.75 Å². The third-order valence-electron chi connectivity index (χ3n) is 3.66. The van der Waals surface area contributed by atoms with Crippen molar-refractivity contribution in [3.63, 3.8) is 0 Å². The average molecular weight is 382 g/mol. The first-order valence-corrected chi connectivity index (χ1v) is 9.23. The molecule has 1 amide bonds. The third-order valence-corrected chi connectivity index (χ3v) is 4.57. The summed E-state index contributed by atoms with van der Waals surface area (Å²) in [6, 6.07) is 13.9. The first-order valence-electron chi connectivity index (χ1n) is 8.41. The molecule has 138 valence electrons. The standard InChI is InChI=1S/C20H18N2O4S/c1-2-11-26-14-9-7-13(8-10-14)12-17-18(23)22-20(27-17)21-16-6-4-3-5-15(16)19(24)25/h3-10,12H,2,11H2,1H3,(H,24,25)(H,21,22,23)/b17-12-. The fraction of sp³-hybridized carbons (Fsp3) is 0.150. The molecule has 3 rings (SSSR count). The maximum atomic E-state index is 12.2. The summed E-state index contributed by atoms with van der Waals surface area (Å²) < 4.78 is 5.54. The minimum Gasteiger partial charge on any atom is -0.494 e. The number of benzene rings is 2. The number of carbonyl (C=O) groups is 2. The normalized spacial score (nSPS) is 16.6. The lowest BCUT2D eigenvalue weighted by Crippen LogP contribution is -2.19. The number of ether oxygens (including phenoxy) is 1. The summed E-state index contributed by atoms with van der Waals surface area (Å²) in [5, 5.41) is 12.2. The number of carbonyl (C=O) groups excluding carboxylic acids is 1. The summed E-state index contributed by atoms with van der Waals surface area (Å²) in [7, 11) is 0. The minimum atomic E-state index is -1.06. The van der Waals surface area contributed by atoms with E-state index in [-0.39, 0.29) is 11.5 Å². The van der Waals surface area contributed by atoms with Crippen LogP contribution in [0.4, 0.5) is 5.69 Å². The van der Waals surface area contributed by atoms with E-state index in [4.69, 9.17) is 4.74 Å². The van der Waals surface area contributed by atoms with E-state index in [1.165, 1.54) is 17.8 Å². The number of para-hydroxylation sites is 1. The van der Waals surface area contributed by atoms with E-state index in [0.717, 1.165) is 17.7 Å². The first-order chi connectivity index (χ1) is 13.1. The van der Waals surface area contributed by atoms with Gasteiger partial charge in [-0.3, -0.25) is 4.79 Å². The van der Waals surface area contributed by atoms with Crippen LogP contribution in [-0.4, -0.2) is 28.8 Å². The molecule has 0 saturated carbocycles. The van der Waals surface area contributed by atoms with E-state index in [1.807, 2.05) is 31.2 Å². The topological polar surface area (TPSA) is 88.0 Å². The van der Waals surface area contributed by atoms with Gasteiger partial charge in [0, 0.05) is 0 Å². The number of carboxylic acid groups (broad SMARTS) is 1. The van der Waals surface area contributed by atoms with Gasteiger partial charge in [0.25, 0.3) is 5.91 Å². The van der Waals surface area contributed by atoms with Crippen molar-refractivity contribution in [3.05, 3.63) is 64.6 Å². The zero-order valence-corrected chi connectivity index (χ0v) is 15.5. The minimum absolute atomic E-state index is 0.0833. The van der Waals surface area contributed by atoms with Gasteiger partial charge in [-0.1, -0.05) is 31.2 Å². The Morgan fingerprint density at radius 2 is 1.96 bits per heavy atom. The molecule has 0 atom stereocenters. The van der Waals surface area contributed by atoms with E-state index < -0.39 is 5.97 Å². The van der Waals surface area contributed by atoms with Gasteiger partial charge in [0.1, 0.15) is 5.75 Å². The zero-order chi connectivity index (χ0) is 19.2. The molecular formula is C20H18N2O4S. The second-order valence-electron chi connectivity index (χ2n) is 5.72. The second-order valence-corrected chi connectivity index (χ2v) is 6.75. The fourth-order valence-corrected chi connectivity index (χ4v) is 3.21. The molecule has 0 radical (unpaired) electrons. The number of carboxylic acids is 1. The highest BCUT2D eigenvalue weighted by Crippen LogP contribution is 2.29. The van der Waals surface area contributed by atoms with E-state index in [0.29, 0.717) is 22.4 Å². The first kappa shape index (κ1) is 18.7. The average Bonchev–Trinajstić information content (AvgIpc) is 3.00. The molecule has 7 heteroatoms. The number of nitrogens with one attached hydrogen (secondary N) is 1. The van der Waals surface area contributed by atoms with Crippen molar-refractivity contribution >= 4 is 40.6 Å². The SMILES string of the molecule is CCCOc1ccc(/C=C2\SC(=Nc3ccccc3C(=O)O)NC2=O)cc1. The number of aromatic carboxylic acids is 1. The molecule has 2 N–H and O–H groups in total. The fourth-order valence-electron chi connectivity index (χ4n) is 2.37. The number of thioether (sulfide) groups is 1. The Hall–Kier alpha value is -3.06. The molecule has 0 aliphatic carbocycles. The van der Waals surface area contributed by atoms with Crippen molar-refractivity contribution < 1.29 is 19.4 Å². The van der Waals surface area contributed by atoms with Gasteiger partial charge in [0.2, 0.25) is 0 Å². The van der Waals surface area contributed by atoms with Gasteiger partial charge in [-0.05, 0) is 54.1 Å². The summed E-state index contributed by atoms with van der Waals surface area (Å²) in [6.45, 7) is 2.71. The largest absolute Gasteiger partial charge is 0.494 e. The number of aliphatic imine (C=N–C) groups is 1. The smallest absolute Gasteiger partial charge is 0.337 e. The number of nitrogens with zero attached hydrogens (tertiary/aromatic N) is 1. The molecule has 27 heavy (non-hydrogen) atoms. The Morgan fingerprint density at radius 3 is 2.67 bits per heavy atom. The lowest BCUT2D eigenvalue weighted by molar-refractivity contribution is -0.115. The molecule has 6 nitrogen and oxygen atoms in total. The van der Waals surface area contributed by atoms with Crippen LogP contribution < -0.4 is 10.1 Å². The molecule has 1 aliphatic rings. The van der Waals surface area contributed by atoms with Gasteiger partial charge in [-0.15, -0.1) is 0 Å². The summed E-state index contributed by atoms with van der Waals surface area (Å²) in [5.41, 5.74) is 1.25. The summed E-state index contributed by atoms with van der Waals surface area (Å²) in [5.74, 6) is -0.543. The molecule has 0 unspecified atom stereocenters. The van der Waals surface area contributed by atoms with Crippen molar-refractivity contribution in [1.29, 1.82) is 0 Å². The maximum absolute atomic E-state index is 12.2. The van der Waals surface area contributed by atoms with Crippen LogP contribution in [0.15, 0.2) is 58.4 Å². The molecule has 1 aliphatic heterocycles. The van der Waals surface area contributed by atoms with Gasteiger partial charge in [-0.25, -0.2) is 9.79 Å². The zero-order valence-electron chi connectivity index (χ0n) is 14.6. The summed E-state index contributed by atoms with van der Waals surface area (Å²) in [6.07, 6.45) is 2.70. The lowest BCUT2D eigenvalue weighted by Gasteiger charge is -2.04. The van der Waals surface area contributed by atoms with Gasteiger partial charge in [-0.2, -0.15) is 0 Å². The van der Waals surface area contributed by atoms with Crippen molar-refractivity contribution in [2.75, 3.05) is 6.61 Å². The Morgan fingerprint density at radius 1 is 1.22 bits per heavy atom.